The van der Waals surface area contributed by atoms with E-state index in [9.17, 15) is 14.7 Å². The van der Waals surface area contributed by atoms with Crippen molar-refractivity contribution >= 4 is 11.8 Å². The fourth-order valence-electron chi connectivity index (χ4n) is 2.84. The number of phenols is 1. The third kappa shape index (κ3) is 5.60. The van der Waals surface area contributed by atoms with Crippen LogP contribution in [0.2, 0.25) is 0 Å². The molecule has 6 heteroatoms. The number of hydrogen-bond donors (Lipinski definition) is 2. The summed E-state index contributed by atoms with van der Waals surface area (Å²) >= 11 is 0. The Kier molecular flexibility index (Phi) is 7.83. The molecule has 29 heavy (non-hydrogen) atoms. The third-order valence-electron chi connectivity index (χ3n) is 4.51. The molecule has 0 aliphatic heterocycles. The summed E-state index contributed by atoms with van der Waals surface area (Å²) in [5.41, 5.74) is 1.64. The zero-order valence-electron chi connectivity index (χ0n) is 16.9. The molecule has 0 radical (unpaired) electrons. The first-order chi connectivity index (χ1) is 13.9. The lowest BCUT2D eigenvalue weighted by Crippen LogP contribution is -2.04. The zero-order valence-corrected chi connectivity index (χ0v) is 16.9. The van der Waals surface area contributed by atoms with E-state index >= 15 is 0 Å². The molecule has 0 saturated carbocycles. The number of ether oxygens (including phenoxy) is 2. The maximum absolute atomic E-state index is 12.0. The van der Waals surface area contributed by atoms with Gasteiger partial charge in [-0.2, -0.15) is 0 Å². The number of carbonyl (C=O) groups excluding carboxylic acids is 1. The lowest BCUT2D eigenvalue weighted by atomic mass is 10.0. The van der Waals surface area contributed by atoms with E-state index in [1.807, 2.05) is 6.92 Å². The van der Waals surface area contributed by atoms with E-state index in [0.29, 0.717) is 34.6 Å². The normalized spacial score (nSPS) is 10.9. The van der Waals surface area contributed by atoms with Gasteiger partial charge in [-0.1, -0.05) is 13.0 Å². The molecular weight excluding hydrogens is 372 g/mol. The van der Waals surface area contributed by atoms with Crippen molar-refractivity contribution in [2.24, 2.45) is 0 Å². The van der Waals surface area contributed by atoms with Gasteiger partial charge in [-0.25, -0.2) is 4.79 Å². The molecule has 0 aliphatic carbocycles. The zero-order chi connectivity index (χ0) is 21.4. The number of aromatic hydroxyl groups is 1. The maximum Gasteiger partial charge on any atom is 0.336 e. The van der Waals surface area contributed by atoms with Crippen LogP contribution in [0, 0.1) is 13.8 Å². The summed E-state index contributed by atoms with van der Waals surface area (Å²) in [6.07, 6.45) is 4.65. The SMILES string of the molecule is CCCC(=O)c1ccc(OCC=CCOc2cccc(C(=O)O)c2C)c(C)c1O. The molecule has 0 bridgehead atoms. The first-order valence-electron chi connectivity index (χ1n) is 9.46. The molecule has 0 heterocycles. The van der Waals surface area contributed by atoms with Crippen LogP contribution in [-0.2, 0) is 0 Å². The number of aromatic carboxylic acids is 1. The highest BCUT2D eigenvalue weighted by Gasteiger charge is 2.15. The van der Waals surface area contributed by atoms with Gasteiger partial charge in [0.1, 0.15) is 30.5 Å². The molecule has 6 nitrogen and oxygen atoms in total. The summed E-state index contributed by atoms with van der Waals surface area (Å²) in [6.45, 7) is 5.86. The van der Waals surface area contributed by atoms with Crippen LogP contribution in [0.1, 0.15) is 51.6 Å². The molecule has 2 rings (SSSR count). The van der Waals surface area contributed by atoms with Crippen molar-refractivity contribution in [1.29, 1.82) is 0 Å². The molecule has 0 fully saturated rings. The van der Waals surface area contributed by atoms with Crippen molar-refractivity contribution in [3.8, 4) is 17.2 Å². The van der Waals surface area contributed by atoms with Gasteiger partial charge in [0.15, 0.2) is 5.78 Å². The van der Waals surface area contributed by atoms with E-state index < -0.39 is 5.97 Å². The van der Waals surface area contributed by atoms with Crippen molar-refractivity contribution in [2.45, 2.75) is 33.6 Å². The summed E-state index contributed by atoms with van der Waals surface area (Å²) in [5, 5.41) is 19.4. The van der Waals surface area contributed by atoms with Gasteiger partial charge < -0.3 is 19.7 Å². The number of Topliss-reactive ketones (excluding diaryl/α,β-unsaturated/α-hetero) is 1. The van der Waals surface area contributed by atoms with E-state index in [0.717, 1.165) is 6.42 Å². The molecule has 0 unspecified atom stereocenters. The molecule has 0 saturated heterocycles. The topological polar surface area (TPSA) is 93.1 Å². The second-order valence-electron chi connectivity index (χ2n) is 6.59. The Morgan fingerprint density at radius 3 is 2.14 bits per heavy atom. The van der Waals surface area contributed by atoms with Gasteiger partial charge in [0.25, 0.3) is 0 Å². The summed E-state index contributed by atoms with van der Waals surface area (Å²) in [4.78, 5) is 23.1. The van der Waals surface area contributed by atoms with Crippen LogP contribution in [0.25, 0.3) is 0 Å². The largest absolute Gasteiger partial charge is 0.507 e. The predicted octanol–water partition coefficient (Wildman–Crippen LogP) is 4.70. The molecule has 0 amide bonds. The van der Waals surface area contributed by atoms with Crippen molar-refractivity contribution in [3.05, 3.63) is 64.7 Å². The highest BCUT2D eigenvalue weighted by atomic mass is 16.5. The van der Waals surface area contributed by atoms with Crippen LogP contribution < -0.4 is 9.47 Å². The third-order valence-corrected chi connectivity index (χ3v) is 4.51. The number of benzene rings is 2. The van der Waals surface area contributed by atoms with Gasteiger partial charge in [-0.05, 0) is 56.7 Å². The van der Waals surface area contributed by atoms with Gasteiger partial charge in [0.2, 0.25) is 0 Å². The summed E-state index contributed by atoms with van der Waals surface area (Å²) in [6, 6.07) is 8.17. The molecule has 0 aromatic heterocycles. The number of rotatable bonds is 10. The minimum absolute atomic E-state index is 0.0398. The standard InChI is InChI=1S/C23H26O6/c1-4-8-19(24)18-11-12-21(16(3)22(18)25)29-14-6-5-13-28-20-10-7-9-17(15(20)2)23(26)27/h5-7,9-12,25H,4,8,13-14H2,1-3H3,(H,26,27). The lowest BCUT2D eigenvalue weighted by molar-refractivity contribution is 0.0695. The van der Waals surface area contributed by atoms with Crippen LogP contribution >= 0.6 is 0 Å². The Labute approximate surface area is 170 Å². The van der Waals surface area contributed by atoms with Crippen LogP contribution in [0.3, 0.4) is 0 Å². The molecule has 2 N–H and O–H groups in total. The van der Waals surface area contributed by atoms with E-state index in [2.05, 4.69) is 0 Å². The summed E-state index contributed by atoms with van der Waals surface area (Å²) in [7, 11) is 0. The second-order valence-corrected chi connectivity index (χ2v) is 6.59. The average Bonchev–Trinajstić information content (AvgIpc) is 2.68. The smallest absolute Gasteiger partial charge is 0.336 e. The van der Waals surface area contributed by atoms with Gasteiger partial charge in [0.05, 0.1) is 11.1 Å². The van der Waals surface area contributed by atoms with E-state index in [1.54, 1.807) is 50.3 Å². The Hall–Kier alpha value is -3.28. The molecule has 154 valence electrons. The van der Waals surface area contributed by atoms with E-state index in [4.69, 9.17) is 14.6 Å². The fraction of sp³-hybridized carbons (Fsp3) is 0.304. The van der Waals surface area contributed by atoms with E-state index in [-0.39, 0.29) is 30.3 Å². The molecule has 2 aromatic rings. The van der Waals surface area contributed by atoms with E-state index in [1.165, 1.54) is 6.07 Å². The minimum Gasteiger partial charge on any atom is -0.507 e. The van der Waals surface area contributed by atoms with Gasteiger partial charge in [-0.15, -0.1) is 0 Å². The van der Waals surface area contributed by atoms with Crippen molar-refractivity contribution in [3.63, 3.8) is 0 Å². The van der Waals surface area contributed by atoms with Gasteiger partial charge in [0, 0.05) is 17.5 Å². The number of ketones is 1. The second kappa shape index (κ2) is 10.3. The number of phenolic OH excluding ortho intramolecular Hbond substituents is 1. The first-order valence-corrected chi connectivity index (χ1v) is 9.46. The summed E-state index contributed by atoms with van der Waals surface area (Å²) in [5.74, 6) is -0.0892. The number of carboxylic acids is 1. The molecule has 2 aromatic carbocycles. The van der Waals surface area contributed by atoms with Crippen LogP contribution in [0.5, 0.6) is 17.2 Å². The maximum atomic E-state index is 12.0. The molecular formula is C23H26O6. The lowest BCUT2D eigenvalue weighted by Gasteiger charge is -2.12. The van der Waals surface area contributed by atoms with Gasteiger partial charge in [-0.3, -0.25) is 4.79 Å². The van der Waals surface area contributed by atoms with Crippen molar-refractivity contribution in [2.75, 3.05) is 13.2 Å². The summed E-state index contributed by atoms with van der Waals surface area (Å²) < 4.78 is 11.3. The molecule has 0 atom stereocenters. The number of carbonyl (C=O) groups is 2. The highest BCUT2D eigenvalue weighted by molar-refractivity contribution is 5.99. The van der Waals surface area contributed by atoms with Crippen LogP contribution in [0.15, 0.2) is 42.5 Å². The molecule has 0 aliphatic rings. The monoisotopic (exact) mass is 398 g/mol. The minimum atomic E-state index is -0.988. The highest BCUT2D eigenvalue weighted by Crippen LogP contribution is 2.31. The Morgan fingerprint density at radius 2 is 1.55 bits per heavy atom. The van der Waals surface area contributed by atoms with Gasteiger partial charge >= 0.3 is 5.97 Å². The predicted molar refractivity (Wildman–Crippen MR) is 110 cm³/mol. The Morgan fingerprint density at radius 1 is 0.931 bits per heavy atom. The number of hydrogen-bond acceptors (Lipinski definition) is 5. The quantitative estimate of drug-likeness (QED) is 0.445. The average molecular weight is 398 g/mol. The fourth-order valence-corrected chi connectivity index (χ4v) is 2.84. The van der Waals surface area contributed by atoms with Crippen molar-refractivity contribution in [1.82, 2.24) is 0 Å². The Balaban J connectivity index is 1.90. The number of carboxylic acid groups (broad SMARTS) is 1. The van der Waals surface area contributed by atoms with Crippen LogP contribution in [0.4, 0.5) is 0 Å². The Bertz CT molecular complexity index is 914. The molecule has 0 spiro atoms. The van der Waals surface area contributed by atoms with Crippen molar-refractivity contribution < 1.29 is 29.3 Å². The van der Waals surface area contributed by atoms with Crippen LogP contribution in [-0.4, -0.2) is 35.2 Å². The first kappa shape index (κ1) is 22.0.